The standard InChI is InChI=1S/C10H12N8O2.C9H11N9O2.C9H10N8O2.C8H9N9O2/c1-16-5-8(18-10(19)17(2)14-15-18)7(13-16)6-20-9-3-4-11-12-9;1-16-9(19)18(15-14-16)8-6(12-17(2)13-8)5-20-7-3-4-10-11-7;1-16-9(18)17(15-14-16)7-4-11-12-6(7)5-19-8-2-3-10-13-8;1-16-8(18)17(15-14-16)7-5(10-13-12-7)4-19-6-2-3-9-11-6/h3-5H,6H2,1-2H3,(H,11,12);3-4H,5H2,1-2H3,(H,10,11);2-4H,5H2,1H3,(H,10,13)(H,11,12);2-3H,4H2,1H3,(H,9,11)(H,10,12,13)/i/hT4. The van der Waals surface area contributed by atoms with Crippen molar-refractivity contribution in [3.8, 4) is 46.5 Å². The van der Waals surface area contributed by atoms with Gasteiger partial charge in [0.15, 0.2) is 5.65 Å². The number of rotatable bonds is 16. The Labute approximate surface area is 435 Å². The van der Waals surface area contributed by atoms with Crippen LogP contribution in [0.1, 0.15) is 22.8 Å². The molecule has 0 radical (unpaired) electrons. The van der Waals surface area contributed by atoms with E-state index in [2.05, 4.69) is 103 Å². The van der Waals surface area contributed by atoms with Crippen molar-refractivity contribution >= 4 is 0 Å². The molecule has 6 N–H and O–H groups in total. The van der Waals surface area contributed by atoms with Gasteiger partial charge in [-0.3, -0.25) is 30.1 Å². The van der Waals surface area contributed by atoms with Crippen LogP contribution in [0.3, 0.4) is 0 Å². The number of aromatic amines is 6. The zero-order valence-corrected chi connectivity index (χ0v) is 41.2. The van der Waals surface area contributed by atoms with Crippen LogP contribution >= 0.6 is 0 Å². The van der Waals surface area contributed by atoms with Crippen LogP contribution in [0.15, 0.2) is 80.6 Å². The van der Waals surface area contributed by atoms with Gasteiger partial charge in [0.1, 0.15) is 54.9 Å². The van der Waals surface area contributed by atoms with Crippen molar-refractivity contribution in [3.05, 3.63) is 126 Å². The van der Waals surface area contributed by atoms with Crippen molar-refractivity contribution in [2.45, 2.75) is 26.4 Å². The molecule has 0 fully saturated rings. The lowest BCUT2D eigenvalue weighted by molar-refractivity contribution is 0.287. The fraction of sp³-hybridized carbons (Fsp3) is 0.278. The summed E-state index contributed by atoms with van der Waals surface area (Å²) in [4.78, 5) is 48.6. The van der Waals surface area contributed by atoms with Crippen molar-refractivity contribution in [1.29, 1.82) is 0 Å². The molecule has 0 atom stereocenters. The van der Waals surface area contributed by atoms with Crippen LogP contribution in [0.5, 0.6) is 23.5 Å². The van der Waals surface area contributed by atoms with Gasteiger partial charge in [-0.05, 0) is 41.7 Å². The third-order valence-electron chi connectivity index (χ3n) is 9.88. The summed E-state index contributed by atoms with van der Waals surface area (Å²) in [7, 11) is 9.32. The molecule has 42 nitrogen and oxygen atoms in total. The molecule has 12 rings (SSSR count). The Balaban J connectivity index is 0.000000132. The topological polar surface area (TPSA) is 481 Å². The number of nitrogens with one attached hydrogen (secondary N) is 6. The van der Waals surface area contributed by atoms with E-state index in [1.165, 1.54) is 76.1 Å². The van der Waals surface area contributed by atoms with Crippen molar-refractivity contribution in [2.75, 3.05) is 0 Å². The molecule has 42 heteroatoms. The molecule has 0 saturated carbocycles. The van der Waals surface area contributed by atoms with Crippen LogP contribution < -0.4 is 41.7 Å². The fourth-order valence-corrected chi connectivity index (χ4v) is 6.19. The second-order valence-electron chi connectivity index (χ2n) is 15.2. The van der Waals surface area contributed by atoms with Crippen LogP contribution in [0.4, 0.5) is 0 Å². The number of tetrazole rings is 4. The maximum atomic E-state index is 11.9. The minimum absolute atomic E-state index is 0.0197. The summed E-state index contributed by atoms with van der Waals surface area (Å²) in [5.41, 5.74) is 1.12. The van der Waals surface area contributed by atoms with E-state index >= 15 is 0 Å². The van der Waals surface area contributed by atoms with Crippen molar-refractivity contribution in [1.82, 2.24) is 170 Å². The average Bonchev–Trinajstić information content (AvgIpc) is 4.38. The molecule has 0 aromatic carbocycles. The quantitative estimate of drug-likeness (QED) is 0.0526. The van der Waals surface area contributed by atoms with Crippen LogP contribution in [0, 0.1) is 0 Å². The summed E-state index contributed by atoms with van der Waals surface area (Å²) < 4.78 is 60.7. The molecular weight excluding hydrogens is 1040 g/mol. The van der Waals surface area contributed by atoms with Gasteiger partial charge >= 0.3 is 22.8 Å². The Hall–Kier alpha value is -11.8. The third kappa shape index (κ3) is 11.7. The summed E-state index contributed by atoms with van der Waals surface area (Å²) in [6.45, 7) is 0.251. The van der Waals surface area contributed by atoms with E-state index in [1.807, 2.05) is 0 Å². The van der Waals surface area contributed by atoms with Gasteiger partial charge in [0, 0.05) is 91.3 Å². The van der Waals surface area contributed by atoms with Gasteiger partial charge in [0.25, 0.3) is 0 Å². The molecule has 0 aliphatic rings. The molecule has 0 bridgehead atoms. The van der Waals surface area contributed by atoms with Gasteiger partial charge in [-0.25, -0.2) is 19.2 Å². The average molecular weight is 1090 g/mol. The van der Waals surface area contributed by atoms with E-state index in [0.29, 0.717) is 45.9 Å². The second-order valence-corrected chi connectivity index (χ2v) is 15.2. The van der Waals surface area contributed by atoms with E-state index < -0.39 is 11.4 Å². The zero-order valence-electron chi connectivity index (χ0n) is 45.2. The molecule has 0 aliphatic carbocycles. The second kappa shape index (κ2) is 23.0. The van der Waals surface area contributed by atoms with E-state index in [4.69, 9.17) is 24.6 Å². The summed E-state index contributed by atoms with van der Waals surface area (Å²) in [5.74, 6) is 1.57. The maximum absolute atomic E-state index is 11.9. The number of nitrogens with zero attached hydrogens (tertiary/aromatic N) is 28. The first-order valence-corrected chi connectivity index (χ1v) is 21.9. The first-order chi connectivity index (χ1) is 39.4. The van der Waals surface area contributed by atoms with Crippen LogP contribution in [-0.2, 0) is 68.7 Å². The lowest BCUT2D eigenvalue weighted by Gasteiger charge is -2.02. The van der Waals surface area contributed by atoms with Gasteiger partial charge in [-0.15, -0.1) is 40.0 Å². The third-order valence-corrected chi connectivity index (χ3v) is 9.88. The molecule has 12 heterocycles. The minimum Gasteiger partial charge on any atom is -0.470 e. The molecular formula is C36H42N34O8. The van der Waals surface area contributed by atoms with Crippen molar-refractivity contribution < 1.29 is 24.6 Å². The fourth-order valence-electron chi connectivity index (χ4n) is 6.19. The van der Waals surface area contributed by atoms with Gasteiger partial charge in [-0.2, -0.15) is 58.5 Å². The number of aromatic nitrogens is 34. The molecule has 0 unspecified atom stereocenters. The van der Waals surface area contributed by atoms with Gasteiger partial charge in [-0.1, -0.05) is 0 Å². The largest absolute Gasteiger partial charge is 0.470 e. The maximum Gasteiger partial charge on any atom is 0.369 e. The first-order valence-electron chi connectivity index (χ1n) is 23.7. The van der Waals surface area contributed by atoms with Crippen LogP contribution in [-0.4, -0.2) is 170 Å². The summed E-state index contributed by atoms with van der Waals surface area (Å²) in [5, 5.41) is 77.1. The number of H-pyrrole nitrogens is 6. The Bertz CT molecular complexity index is 4040. The zero-order chi connectivity index (χ0) is 58.2. The normalized spacial score (nSPS) is 11.6. The first kappa shape index (κ1) is 46.0. The lowest BCUT2D eigenvalue weighted by atomic mass is 10.4. The Kier molecular flexibility index (Phi) is 13.6. The van der Waals surface area contributed by atoms with Gasteiger partial charge < -0.3 is 18.9 Å². The van der Waals surface area contributed by atoms with Gasteiger partial charge in [0.05, 0.1) is 18.1 Å². The number of ether oxygens (including phenoxy) is 4. The molecule has 404 valence electrons. The van der Waals surface area contributed by atoms with Crippen molar-refractivity contribution in [3.63, 3.8) is 0 Å². The predicted octanol–water partition coefficient (Wildman–Crippen LogP) is -5.22. The molecule has 0 amide bonds. The van der Waals surface area contributed by atoms with E-state index in [0.717, 1.165) is 57.8 Å². The number of hydrogen-bond donors (Lipinski definition) is 6. The highest BCUT2D eigenvalue weighted by molar-refractivity contribution is 5.33. The predicted molar refractivity (Wildman–Crippen MR) is 251 cm³/mol. The SMILES string of the molecule is [3H]n1ccc(OCc2[nH]ncc2-n2nnn(C)c2=O)n1.[3H]n1ccc(OCc2n[nH]nc2-n2nnn(C)c2=O)n1.[3H]n1ccc(OCc2nn(C)cc2-n2nnn(C)c2=O)n1.[3H]n1ccc(OCc2nn(C)nc2-n2nnn(C)c2=O)n1. The minimum atomic E-state index is -0.449. The monoisotopic (exact) mass is 1090 g/mol. The molecule has 0 aliphatic heterocycles. The van der Waals surface area contributed by atoms with Crippen LogP contribution in [0.2, 0.25) is 5.65 Å². The van der Waals surface area contributed by atoms with E-state index in [9.17, 15) is 19.2 Å². The molecule has 0 spiro atoms. The van der Waals surface area contributed by atoms with E-state index in [-0.39, 0.29) is 61.2 Å². The summed E-state index contributed by atoms with van der Waals surface area (Å²) in [6, 6.07) is 6.18. The smallest absolute Gasteiger partial charge is 0.369 e. The van der Waals surface area contributed by atoms with Crippen molar-refractivity contribution in [2.24, 2.45) is 42.3 Å². The Morgan fingerprint density at radius 3 is 1.36 bits per heavy atom. The Morgan fingerprint density at radius 2 is 0.897 bits per heavy atom. The molecule has 12 aromatic heterocycles. The molecule has 78 heavy (non-hydrogen) atoms. The van der Waals surface area contributed by atoms with Gasteiger partial charge in [0.2, 0.25) is 35.2 Å². The molecule has 12 aromatic rings. The highest BCUT2D eigenvalue weighted by Gasteiger charge is 2.20. The summed E-state index contributed by atoms with van der Waals surface area (Å²) in [6.07, 6.45) is 8.85. The Morgan fingerprint density at radius 1 is 0.462 bits per heavy atom. The highest BCUT2D eigenvalue weighted by Crippen LogP contribution is 2.15. The molecule has 0 saturated heterocycles. The number of aryl methyl sites for hydroxylation is 6. The lowest BCUT2D eigenvalue weighted by Crippen LogP contribution is -2.23. The van der Waals surface area contributed by atoms with E-state index in [1.54, 1.807) is 37.1 Å². The highest BCUT2D eigenvalue weighted by atomic mass is 16.5. The van der Waals surface area contributed by atoms with Crippen LogP contribution in [0.25, 0.3) is 23.0 Å². The summed E-state index contributed by atoms with van der Waals surface area (Å²) >= 11 is 0. The number of hydrogen-bond acceptors (Lipinski definition) is 26.